The van der Waals surface area contributed by atoms with Crippen molar-refractivity contribution in [1.82, 2.24) is 4.98 Å². The molecule has 1 aromatic heterocycles. The molecule has 0 bridgehead atoms. The van der Waals surface area contributed by atoms with Crippen molar-refractivity contribution in [3.63, 3.8) is 0 Å². The van der Waals surface area contributed by atoms with Crippen molar-refractivity contribution in [3.8, 4) is 5.75 Å². The molecule has 1 amide bonds. The van der Waals surface area contributed by atoms with Crippen LogP contribution in [0.25, 0.3) is 21.0 Å². The van der Waals surface area contributed by atoms with Gasteiger partial charge in [-0.3, -0.25) is 14.9 Å². The lowest BCUT2D eigenvalue weighted by molar-refractivity contribution is -0.384. The van der Waals surface area contributed by atoms with Gasteiger partial charge in [-0.25, -0.2) is 4.98 Å². The molecule has 0 spiro atoms. The molecular weight excluding hydrogens is 464 g/mol. The van der Waals surface area contributed by atoms with Crippen molar-refractivity contribution in [1.29, 1.82) is 0 Å². The number of non-ortho nitro benzene ring substituents is 1. The van der Waals surface area contributed by atoms with Crippen LogP contribution in [0.3, 0.4) is 0 Å². The topological polar surface area (TPSA) is 97.9 Å². The number of ether oxygens (including phenoxy) is 1. The minimum Gasteiger partial charge on any atom is -0.497 e. The molecule has 0 unspecified atom stereocenters. The van der Waals surface area contributed by atoms with Crippen LogP contribution >= 0.6 is 11.3 Å². The highest BCUT2D eigenvalue weighted by atomic mass is 32.1. The van der Waals surface area contributed by atoms with Gasteiger partial charge in [0.25, 0.3) is 11.6 Å². The first-order valence-corrected chi connectivity index (χ1v) is 11.4. The van der Waals surface area contributed by atoms with E-state index < -0.39 is 4.92 Å². The Bertz CT molecular complexity index is 1590. The van der Waals surface area contributed by atoms with Crippen LogP contribution in [0.5, 0.6) is 5.75 Å². The monoisotopic (exact) mass is 482 g/mol. The van der Waals surface area contributed by atoms with Gasteiger partial charge in [-0.1, -0.05) is 47.7 Å². The standard InChI is InChI=1S/C26H18N4O4S/c1-34-20-13-14-23-24(15-20)35-26(28-23)29(27-16-17-9-11-19(12-10-17)30(32)33)25(31)22-8-4-6-18-5-2-3-7-21(18)22/h2-16H,1H3/b27-16+. The SMILES string of the molecule is COc1ccc2nc(N(/N=C/c3ccc([N+](=O)[O-])cc3)C(=O)c3cccc4ccccc34)sc2c1. The molecule has 172 valence electrons. The van der Waals surface area contributed by atoms with Gasteiger partial charge in [0.2, 0.25) is 5.13 Å². The molecule has 0 atom stereocenters. The van der Waals surface area contributed by atoms with Crippen molar-refractivity contribution in [3.05, 3.63) is 106 Å². The maximum absolute atomic E-state index is 13.8. The fourth-order valence-electron chi connectivity index (χ4n) is 3.63. The van der Waals surface area contributed by atoms with Crippen LogP contribution in [0.2, 0.25) is 0 Å². The van der Waals surface area contributed by atoms with Crippen LogP contribution in [0.4, 0.5) is 10.8 Å². The number of nitro groups is 1. The maximum Gasteiger partial charge on any atom is 0.281 e. The van der Waals surface area contributed by atoms with Crippen molar-refractivity contribution in [2.24, 2.45) is 5.10 Å². The Labute approximate surface area is 203 Å². The van der Waals surface area contributed by atoms with Crippen molar-refractivity contribution in [2.75, 3.05) is 12.1 Å². The number of anilines is 1. The number of hydrogen-bond acceptors (Lipinski definition) is 7. The molecule has 0 aliphatic carbocycles. The van der Waals surface area contributed by atoms with Crippen LogP contribution in [0.1, 0.15) is 15.9 Å². The molecule has 35 heavy (non-hydrogen) atoms. The summed E-state index contributed by atoms with van der Waals surface area (Å²) >= 11 is 1.32. The predicted octanol–water partition coefficient (Wildman–Crippen LogP) is 6.05. The van der Waals surface area contributed by atoms with Gasteiger partial charge in [-0.15, -0.1) is 0 Å². The second-order valence-electron chi connectivity index (χ2n) is 7.57. The normalized spacial score (nSPS) is 11.2. The number of aromatic nitrogens is 1. The number of methoxy groups -OCH3 is 1. The van der Waals surface area contributed by atoms with Crippen molar-refractivity contribution in [2.45, 2.75) is 0 Å². The Hall–Kier alpha value is -4.63. The third-order valence-corrected chi connectivity index (χ3v) is 6.40. The Morgan fingerprint density at radius 1 is 1.06 bits per heavy atom. The summed E-state index contributed by atoms with van der Waals surface area (Å²) in [6.07, 6.45) is 1.49. The van der Waals surface area contributed by atoms with Crippen LogP contribution < -0.4 is 9.75 Å². The van der Waals surface area contributed by atoms with E-state index >= 15 is 0 Å². The first-order chi connectivity index (χ1) is 17.0. The smallest absolute Gasteiger partial charge is 0.281 e. The number of benzene rings is 4. The van der Waals surface area contributed by atoms with E-state index in [0.29, 0.717) is 27.5 Å². The van der Waals surface area contributed by atoms with E-state index in [4.69, 9.17) is 4.74 Å². The molecule has 5 aromatic rings. The number of fused-ring (bicyclic) bond motifs is 2. The maximum atomic E-state index is 13.8. The van der Waals surface area contributed by atoms with Crippen LogP contribution in [-0.2, 0) is 0 Å². The van der Waals surface area contributed by atoms with Gasteiger partial charge in [0, 0.05) is 17.7 Å². The molecule has 4 aromatic carbocycles. The van der Waals surface area contributed by atoms with Gasteiger partial charge in [0.15, 0.2) is 0 Å². The Balaban J connectivity index is 1.59. The minimum atomic E-state index is -0.466. The van der Waals surface area contributed by atoms with E-state index in [9.17, 15) is 14.9 Å². The fraction of sp³-hybridized carbons (Fsp3) is 0.0385. The largest absolute Gasteiger partial charge is 0.497 e. The van der Waals surface area contributed by atoms with E-state index in [0.717, 1.165) is 15.5 Å². The van der Waals surface area contributed by atoms with Crippen molar-refractivity contribution < 1.29 is 14.5 Å². The average Bonchev–Trinajstić information content (AvgIpc) is 3.31. The Morgan fingerprint density at radius 3 is 2.60 bits per heavy atom. The van der Waals surface area contributed by atoms with Crippen LogP contribution in [0.15, 0.2) is 90.0 Å². The zero-order valence-electron chi connectivity index (χ0n) is 18.5. The minimum absolute atomic E-state index is 0.0223. The Morgan fingerprint density at radius 2 is 1.83 bits per heavy atom. The molecule has 0 saturated heterocycles. The number of nitrogens with zero attached hydrogens (tertiary/aromatic N) is 4. The number of nitro benzene ring substituents is 1. The molecule has 0 aliphatic heterocycles. The number of carbonyl (C=O) groups excluding carboxylic acids is 1. The van der Waals surface area contributed by atoms with Crippen LogP contribution in [-0.4, -0.2) is 29.1 Å². The highest BCUT2D eigenvalue weighted by molar-refractivity contribution is 7.22. The van der Waals surface area contributed by atoms with Gasteiger partial charge in [-0.2, -0.15) is 10.1 Å². The van der Waals surface area contributed by atoms with Gasteiger partial charge >= 0.3 is 0 Å². The summed E-state index contributed by atoms with van der Waals surface area (Å²) in [6, 6.07) is 24.6. The first kappa shape index (κ1) is 22.2. The third kappa shape index (κ3) is 4.44. The van der Waals surface area contributed by atoms with E-state index in [1.807, 2.05) is 54.6 Å². The fourth-order valence-corrected chi connectivity index (χ4v) is 4.58. The number of thiazole rings is 1. The second-order valence-corrected chi connectivity index (χ2v) is 8.58. The number of carbonyl (C=O) groups is 1. The summed E-state index contributed by atoms with van der Waals surface area (Å²) in [7, 11) is 1.59. The lowest BCUT2D eigenvalue weighted by Crippen LogP contribution is -2.25. The first-order valence-electron chi connectivity index (χ1n) is 10.6. The molecule has 5 rings (SSSR count). The van der Waals surface area contributed by atoms with E-state index in [1.54, 1.807) is 25.3 Å². The molecule has 0 N–H and O–H groups in total. The molecule has 0 aliphatic rings. The number of hydrazone groups is 1. The van der Waals surface area contributed by atoms with E-state index in [1.165, 1.54) is 34.7 Å². The van der Waals surface area contributed by atoms with Crippen LogP contribution in [0, 0.1) is 10.1 Å². The van der Waals surface area contributed by atoms with Gasteiger partial charge in [0.1, 0.15) is 5.75 Å². The molecule has 0 fully saturated rings. The summed E-state index contributed by atoms with van der Waals surface area (Å²) in [6.45, 7) is 0. The highest BCUT2D eigenvalue weighted by Gasteiger charge is 2.23. The Kier molecular flexibility index (Phi) is 5.90. The second kappa shape index (κ2) is 9.32. The molecule has 9 heteroatoms. The quantitative estimate of drug-likeness (QED) is 0.167. The molecule has 1 heterocycles. The molecule has 0 saturated carbocycles. The van der Waals surface area contributed by atoms with Gasteiger partial charge in [0.05, 0.1) is 28.5 Å². The average molecular weight is 483 g/mol. The third-order valence-electron chi connectivity index (χ3n) is 5.40. The van der Waals surface area contributed by atoms with Gasteiger partial charge in [-0.05, 0) is 52.7 Å². The lowest BCUT2D eigenvalue weighted by atomic mass is 10.0. The summed E-state index contributed by atoms with van der Waals surface area (Å²) in [5.74, 6) is 0.347. The number of hydrogen-bond donors (Lipinski definition) is 0. The molecule has 8 nitrogen and oxygen atoms in total. The highest BCUT2D eigenvalue weighted by Crippen LogP contribution is 2.33. The summed E-state index contributed by atoms with van der Waals surface area (Å²) in [5, 5.41) is 18.8. The predicted molar refractivity (Wildman–Crippen MR) is 138 cm³/mol. The molecule has 0 radical (unpaired) electrons. The van der Waals surface area contributed by atoms with Crippen molar-refractivity contribution >= 4 is 55.3 Å². The van der Waals surface area contributed by atoms with E-state index in [2.05, 4.69) is 10.1 Å². The van der Waals surface area contributed by atoms with E-state index in [-0.39, 0.29) is 11.6 Å². The summed E-state index contributed by atoms with van der Waals surface area (Å²) < 4.78 is 6.16. The van der Waals surface area contributed by atoms with Gasteiger partial charge < -0.3 is 4.74 Å². The number of rotatable bonds is 6. The summed E-state index contributed by atoms with van der Waals surface area (Å²) in [4.78, 5) is 28.9. The summed E-state index contributed by atoms with van der Waals surface area (Å²) in [5.41, 5.74) is 1.79. The molecular formula is C26H18N4O4S. The number of amides is 1. The zero-order valence-corrected chi connectivity index (χ0v) is 19.3. The lowest BCUT2D eigenvalue weighted by Gasteiger charge is -2.15. The zero-order chi connectivity index (χ0) is 24.4.